The molecule has 29 heavy (non-hydrogen) atoms. The Morgan fingerprint density at radius 3 is 2.07 bits per heavy atom. The molecule has 0 spiro atoms. The Bertz CT molecular complexity index is 726. The highest BCUT2D eigenvalue weighted by Crippen LogP contribution is 2.14. The van der Waals surface area contributed by atoms with Crippen molar-refractivity contribution < 1.29 is 19.2 Å². The number of hydrogen-bond donors (Lipinski definition) is 3. The SMILES string of the molecule is CC.C[N+](C)(C)CCCC(=O)O.NC(=O)Nc1cccc(Cc2ccccc2)c1. The maximum Gasteiger partial charge on any atom is 0.316 e. The predicted molar refractivity (Wildman–Crippen MR) is 120 cm³/mol. The number of nitrogens with two attached hydrogens (primary N) is 1. The Balaban J connectivity index is 0.000000563. The molecule has 160 valence electrons. The van der Waals surface area contributed by atoms with Gasteiger partial charge < -0.3 is 20.6 Å². The van der Waals surface area contributed by atoms with Crippen molar-refractivity contribution in [3.63, 3.8) is 0 Å². The molecule has 6 heteroatoms. The number of nitrogens with zero attached hydrogens (tertiary/aromatic N) is 1. The van der Waals surface area contributed by atoms with Gasteiger partial charge in [-0.1, -0.05) is 56.3 Å². The van der Waals surface area contributed by atoms with Crippen LogP contribution in [0.5, 0.6) is 0 Å². The molecule has 0 unspecified atom stereocenters. The number of carboxylic acid groups (broad SMARTS) is 1. The summed E-state index contributed by atoms with van der Waals surface area (Å²) in [6.45, 7) is 4.92. The van der Waals surface area contributed by atoms with Crippen LogP contribution in [0.25, 0.3) is 0 Å². The van der Waals surface area contributed by atoms with Crippen LogP contribution in [-0.4, -0.2) is 49.3 Å². The van der Waals surface area contributed by atoms with E-state index >= 15 is 0 Å². The summed E-state index contributed by atoms with van der Waals surface area (Å²) in [5, 5.41) is 10.9. The van der Waals surface area contributed by atoms with Gasteiger partial charge >= 0.3 is 12.0 Å². The molecule has 2 amide bonds. The van der Waals surface area contributed by atoms with Crippen molar-refractivity contribution in [3.8, 4) is 0 Å². The number of urea groups is 1. The number of carbonyl (C=O) groups excluding carboxylic acids is 1. The second-order valence-corrected chi connectivity index (χ2v) is 7.36. The van der Waals surface area contributed by atoms with E-state index in [0.717, 1.165) is 35.1 Å². The quantitative estimate of drug-likeness (QED) is 0.601. The number of primary amides is 1. The molecule has 0 saturated heterocycles. The van der Waals surface area contributed by atoms with E-state index in [2.05, 4.69) is 38.6 Å². The van der Waals surface area contributed by atoms with Crippen LogP contribution in [-0.2, 0) is 11.2 Å². The first-order chi connectivity index (χ1) is 13.7. The average Bonchev–Trinajstić information content (AvgIpc) is 2.63. The fraction of sp³-hybridized carbons (Fsp3) is 0.391. The maximum atomic E-state index is 10.7. The highest BCUT2D eigenvalue weighted by Gasteiger charge is 2.07. The van der Waals surface area contributed by atoms with Crippen molar-refractivity contribution >= 4 is 17.7 Å². The van der Waals surface area contributed by atoms with Crippen LogP contribution >= 0.6 is 0 Å². The molecule has 2 aromatic carbocycles. The number of benzene rings is 2. The van der Waals surface area contributed by atoms with Crippen molar-refractivity contribution in [2.24, 2.45) is 5.73 Å². The molecule has 4 N–H and O–H groups in total. The molecule has 6 nitrogen and oxygen atoms in total. The van der Waals surface area contributed by atoms with E-state index in [1.807, 2.05) is 56.3 Å². The molecule has 0 aromatic heterocycles. The normalized spacial score (nSPS) is 9.97. The molecule has 0 bridgehead atoms. The van der Waals surface area contributed by atoms with Crippen LogP contribution in [0.1, 0.15) is 37.8 Å². The summed E-state index contributed by atoms with van der Waals surface area (Å²) in [5.41, 5.74) is 8.19. The summed E-state index contributed by atoms with van der Waals surface area (Å²) in [4.78, 5) is 20.8. The molecule has 0 fully saturated rings. The topological polar surface area (TPSA) is 92.4 Å². The molecule has 0 aliphatic rings. The molecule has 0 radical (unpaired) electrons. The molecule has 0 aliphatic heterocycles. The van der Waals surface area contributed by atoms with Crippen molar-refractivity contribution in [1.82, 2.24) is 0 Å². The van der Waals surface area contributed by atoms with E-state index in [1.165, 1.54) is 5.56 Å². The second-order valence-electron chi connectivity index (χ2n) is 7.36. The van der Waals surface area contributed by atoms with Crippen LogP contribution in [0, 0.1) is 0 Å². The minimum atomic E-state index is -0.701. The summed E-state index contributed by atoms with van der Waals surface area (Å²) >= 11 is 0. The zero-order valence-electron chi connectivity index (χ0n) is 18.3. The van der Waals surface area contributed by atoms with Crippen molar-refractivity contribution in [2.75, 3.05) is 33.0 Å². The van der Waals surface area contributed by atoms with Gasteiger partial charge in [0, 0.05) is 12.1 Å². The summed E-state index contributed by atoms with van der Waals surface area (Å²) in [7, 11) is 6.17. The van der Waals surface area contributed by atoms with E-state index in [-0.39, 0.29) is 6.42 Å². The molecular formula is C23H36N3O3+. The van der Waals surface area contributed by atoms with Crippen LogP contribution in [0.3, 0.4) is 0 Å². The van der Waals surface area contributed by atoms with Crippen molar-refractivity contribution in [1.29, 1.82) is 0 Å². The van der Waals surface area contributed by atoms with Crippen LogP contribution in [0.2, 0.25) is 0 Å². The molecule has 2 aromatic rings. The number of amides is 2. The minimum Gasteiger partial charge on any atom is -0.481 e. The number of hydrogen-bond acceptors (Lipinski definition) is 2. The Kier molecular flexibility index (Phi) is 12.8. The lowest BCUT2D eigenvalue weighted by Crippen LogP contribution is -2.35. The predicted octanol–water partition coefficient (Wildman–Crippen LogP) is 4.35. The molecule has 0 saturated carbocycles. The van der Waals surface area contributed by atoms with E-state index in [1.54, 1.807) is 0 Å². The molecule has 0 atom stereocenters. The van der Waals surface area contributed by atoms with Gasteiger partial charge in [-0.05, 0) is 29.7 Å². The van der Waals surface area contributed by atoms with Gasteiger partial charge in [-0.15, -0.1) is 0 Å². The molecule has 2 rings (SSSR count). The third-order valence-electron chi connectivity index (χ3n) is 3.67. The standard InChI is InChI=1S/C14H14N2O.C7H15NO2.C2H6/c15-14(17)16-13-8-4-7-12(10-13)9-11-5-2-1-3-6-11;1-8(2,3)6-4-5-7(9)10;1-2/h1-8,10H,9H2,(H3,15,16,17);4-6H2,1-3H3;1-2H3/p+1. The third kappa shape index (κ3) is 14.8. The largest absolute Gasteiger partial charge is 0.481 e. The Morgan fingerprint density at radius 2 is 1.55 bits per heavy atom. The van der Waals surface area contributed by atoms with Gasteiger partial charge in [0.1, 0.15) is 0 Å². The summed E-state index contributed by atoms with van der Waals surface area (Å²) in [6.07, 6.45) is 1.89. The number of aliphatic carboxylic acids is 1. The first-order valence-corrected chi connectivity index (χ1v) is 9.87. The van der Waals surface area contributed by atoms with Crippen LogP contribution in [0.4, 0.5) is 10.5 Å². The summed E-state index contributed by atoms with van der Waals surface area (Å²) < 4.78 is 0.841. The Labute approximate surface area is 174 Å². The molecular weight excluding hydrogens is 366 g/mol. The number of quaternary nitrogens is 1. The first-order valence-electron chi connectivity index (χ1n) is 9.87. The van der Waals surface area contributed by atoms with E-state index < -0.39 is 12.0 Å². The first kappa shape index (κ1) is 26.1. The number of carboxylic acids is 1. The third-order valence-corrected chi connectivity index (χ3v) is 3.67. The van der Waals surface area contributed by atoms with E-state index in [9.17, 15) is 9.59 Å². The van der Waals surface area contributed by atoms with E-state index in [0.29, 0.717) is 0 Å². The number of nitrogens with one attached hydrogen (secondary N) is 1. The Hall–Kier alpha value is -2.86. The monoisotopic (exact) mass is 402 g/mol. The van der Waals surface area contributed by atoms with Gasteiger partial charge in [-0.3, -0.25) is 4.79 Å². The van der Waals surface area contributed by atoms with E-state index in [4.69, 9.17) is 10.8 Å². The zero-order valence-corrected chi connectivity index (χ0v) is 18.3. The fourth-order valence-corrected chi connectivity index (χ4v) is 2.44. The Morgan fingerprint density at radius 1 is 0.966 bits per heavy atom. The molecule has 0 heterocycles. The van der Waals surface area contributed by atoms with Gasteiger partial charge in [0.15, 0.2) is 0 Å². The maximum absolute atomic E-state index is 10.7. The van der Waals surface area contributed by atoms with Crippen LogP contribution in [0.15, 0.2) is 54.6 Å². The highest BCUT2D eigenvalue weighted by atomic mass is 16.4. The van der Waals surface area contributed by atoms with Crippen LogP contribution < -0.4 is 11.1 Å². The van der Waals surface area contributed by atoms with Gasteiger partial charge in [-0.25, -0.2) is 4.79 Å². The lowest BCUT2D eigenvalue weighted by Gasteiger charge is -2.23. The van der Waals surface area contributed by atoms with Gasteiger partial charge in [0.05, 0.1) is 34.1 Å². The number of rotatable bonds is 7. The minimum absolute atomic E-state index is 0.287. The summed E-state index contributed by atoms with van der Waals surface area (Å²) in [5.74, 6) is -0.701. The molecule has 0 aliphatic carbocycles. The lowest BCUT2D eigenvalue weighted by atomic mass is 10.0. The van der Waals surface area contributed by atoms with Gasteiger partial charge in [0.25, 0.3) is 0 Å². The zero-order chi connectivity index (χ0) is 22.3. The van der Waals surface area contributed by atoms with Crippen molar-refractivity contribution in [3.05, 3.63) is 65.7 Å². The smallest absolute Gasteiger partial charge is 0.316 e. The average molecular weight is 403 g/mol. The lowest BCUT2D eigenvalue weighted by molar-refractivity contribution is -0.870. The fourth-order valence-electron chi connectivity index (χ4n) is 2.44. The summed E-state index contributed by atoms with van der Waals surface area (Å²) in [6, 6.07) is 17.3. The van der Waals surface area contributed by atoms with Crippen molar-refractivity contribution in [2.45, 2.75) is 33.1 Å². The number of carbonyl (C=O) groups is 2. The second kappa shape index (κ2) is 14.2. The number of anilines is 1. The van der Waals surface area contributed by atoms with Gasteiger partial charge in [-0.2, -0.15) is 0 Å². The van der Waals surface area contributed by atoms with Gasteiger partial charge in [0.2, 0.25) is 0 Å². The highest BCUT2D eigenvalue weighted by molar-refractivity contribution is 5.87.